The minimum Gasteiger partial charge on any atom is -0.387 e. The number of benzene rings is 1. The fourth-order valence-electron chi connectivity index (χ4n) is 2.97. The summed E-state index contributed by atoms with van der Waals surface area (Å²) in [6, 6.07) is 9.51. The molecule has 1 fully saturated rings. The van der Waals surface area contributed by atoms with Gasteiger partial charge in [0, 0.05) is 18.6 Å². The van der Waals surface area contributed by atoms with Gasteiger partial charge in [0.1, 0.15) is 0 Å². The van der Waals surface area contributed by atoms with Crippen molar-refractivity contribution in [2.75, 3.05) is 20.1 Å². The Balaban J connectivity index is 1.82. The normalized spacial score (nSPS) is 25.2. The first-order valence-electron chi connectivity index (χ1n) is 8.19. The Morgan fingerprint density at radius 1 is 1.24 bits per heavy atom. The molecule has 2 N–H and O–H groups in total. The molecule has 3 nitrogen and oxygen atoms in total. The van der Waals surface area contributed by atoms with Crippen LogP contribution >= 0.6 is 0 Å². The van der Waals surface area contributed by atoms with Crippen molar-refractivity contribution in [3.05, 3.63) is 35.4 Å². The van der Waals surface area contributed by atoms with Crippen molar-refractivity contribution in [2.24, 2.45) is 0 Å². The molecule has 2 rings (SSSR count). The van der Waals surface area contributed by atoms with E-state index in [-0.39, 0.29) is 0 Å². The van der Waals surface area contributed by atoms with Crippen LogP contribution in [0.25, 0.3) is 0 Å². The second-order valence-electron chi connectivity index (χ2n) is 6.80. The second-order valence-corrected chi connectivity index (χ2v) is 6.80. The van der Waals surface area contributed by atoms with Gasteiger partial charge in [0.25, 0.3) is 0 Å². The fraction of sp³-hybridized carbons (Fsp3) is 0.667. The first-order valence-corrected chi connectivity index (χ1v) is 8.19. The van der Waals surface area contributed by atoms with Gasteiger partial charge in [-0.3, -0.25) is 0 Å². The maximum absolute atomic E-state index is 10.3. The molecule has 1 heterocycles. The van der Waals surface area contributed by atoms with E-state index in [1.807, 2.05) is 0 Å². The van der Waals surface area contributed by atoms with Crippen LogP contribution in [0, 0.1) is 0 Å². The van der Waals surface area contributed by atoms with Gasteiger partial charge in [-0.2, -0.15) is 0 Å². The largest absolute Gasteiger partial charge is 0.387 e. The topological polar surface area (TPSA) is 35.5 Å². The van der Waals surface area contributed by atoms with Gasteiger partial charge in [0.15, 0.2) is 0 Å². The summed E-state index contributed by atoms with van der Waals surface area (Å²) in [5.41, 5.74) is 2.33. The molecule has 118 valence electrons. The number of nitrogens with one attached hydrogen (secondary N) is 1. The first kappa shape index (κ1) is 16.5. The van der Waals surface area contributed by atoms with Crippen LogP contribution < -0.4 is 5.32 Å². The highest BCUT2D eigenvalue weighted by Crippen LogP contribution is 2.20. The number of aliphatic hydroxyl groups excluding tert-OH is 1. The molecule has 1 saturated heterocycles. The Morgan fingerprint density at radius 3 is 2.43 bits per heavy atom. The van der Waals surface area contributed by atoms with Crippen molar-refractivity contribution >= 4 is 0 Å². The SMILES string of the molecule is CC(C)c1ccc(C(O)CNC2CCN(C)C(C)C2)cc1. The maximum atomic E-state index is 10.3. The monoisotopic (exact) mass is 290 g/mol. The van der Waals surface area contributed by atoms with Gasteiger partial charge >= 0.3 is 0 Å². The van der Waals surface area contributed by atoms with E-state index in [4.69, 9.17) is 0 Å². The molecule has 1 aromatic rings. The fourth-order valence-corrected chi connectivity index (χ4v) is 2.97. The minimum atomic E-state index is -0.416. The number of rotatable bonds is 5. The molecular formula is C18H30N2O. The van der Waals surface area contributed by atoms with Crippen molar-refractivity contribution in [3.8, 4) is 0 Å². The summed E-state index contributed by atoms with van der Waals surface area (Å²) in [5.74, 6) is 0.537. The minimum absolute atomic E-state index is 0.416. The molecule has 3 unspecified atom stereocenters. The van der Waals surface area contributed by atoms with Crippen LogP contribution in [0.4, 0.5) is 0 Å². The van der Waals surface area contributed by atoms with Crippen LogP contribution in [0.3, 0.4) is 0 Å². The van der Waals surface area contributed by atoms with Crippen LogP contribution in [0.2, 0.25) is 0 Å². The third-order valence-corrected chi connectivity index (χ3v) is 4.80. The first-order chi connectivity index (χ1) is 9.97. The standard InChI is InChI=1S/C18H30N2O/c1-13(2)15-5-7-16(8-6-15)18(21)12-19-17-9-10-20(4)14(3)11-17/h5-8,13-14,17-19,21H,9-12H2,1-4H3. The summed E-state index contributed by atoms with van der Waals surface area (Å²) in [5, 5.41) is 13.9. The van der Waals surface area contributed by atoms with E-state index in [2.05, 4.69) is 62.3 Å². The molecule has 3 heteroatoms. The zero-order valence-electron chi connectivity index (χ0n) is 13.8. The number of piperidine rings is 1. The molecule has 21 heavy (non-hydrogen) atoms. The zero-order valence-corrected chi connectivity index (χ0v) is 13.8. The lowest BCUT2D eigenvalue weighted by Gasteiger charge is -2.35. The van der Waals surface area contributed by atoms with Crippen LogP contribution in [0.5, 0.6) is 0 Å². The predicted octanol–water partition coefficient (Wildman–Crippen LogP) is 2.92. The highest BCUT2D eigenvalue weighted by molar-refractivity contribution is 5.26. The van der Waals surface area contributed by atoms with Gasteiger partial charge in [0.2, 0.25) is 0 Å². The molecule has 1 aliphatic heterocycles. The lowest BCUT2D eigenvalue weighted by Crippen LogP contribution is -2.46. The molecule has 0 aromatic heterocycles. The van der Waals surface area contributed by atoms with Gasteiger partial charge < -0.3 is 15.3 Å². The molecule has 0 bridgehead atoms. The molecule has 1 aliphatic rings. The molecule has 3 atom stereocenters. The summed E-state index contributed by atoms with van der Waals surface area (Å²) in [6.07, 6.45) is 1.91. The molecule has 0 saturated carbocycles. The lowest BCUT2D eigenvalue weighted by atomic mass is 9.97. The lowest BCUT2D eigenvalue weighted by molar-refractivity contribution is 0.139. The van der Waals surface area contributed by atoms with Crippen LogP contribution in [0.15, 0.2) is 24.3 Å². The number of likely N-dealkylation sites (tertiary alicyclic amines) is 1. The van der Waals surface area contributed by atoms with Gasteiger partial charge in [-0.05, 0) is 50.4 Å². The van der Waals surface area contributed by atoms with E-state index in [0.717, 1.165) is 18.5 Å². The molecule has 0 radical (unpaired) electrons. The second kappa shape index (κ2) is 7.39. The summed E-state index contributed by atoms with van der Waals surface area (Å²) >= 11 is 0. The van der Waals surface area contributed by atoms with E-state index in [0.29, 0.717) is 24.5 Å². The van der Waals surface area contributed by atoms with Crippen molar-refractivity contribution < 1.29 is 5.11 Å². The Hall–Kier alpha value is -0.900. The number of aliphatic hydroxyl groups is 1. The van der Waals surface area contributed by atoms with Crippen molar-refractivity contribution in [3.63, 3.8) is 0 Å². The summed E-state index contributed by atoms with van der Waals surface area (Å²) in [6.45, 7) is 8.43. The third-order valence-electron chi connectivity index (χ3n) is 4.80. The number of nitrogens with zero attached hydrogens (tertiary/aromatic N) is 1. The van der Waals surface area contributed by atoms with Crippen molar-refractivity contribution in [1.29, 1.82) is 0 Å². The van der Waals surface area contributed by atoms with Crippen LogP contribution in [0.1, 0.15) is 56.8 Å². The predicted molar refractivity (Wildman–Crippen MR) is 88.6 cm³/mol. The average molecular weight is 290 g/mol. The molecule has 0 aliphatic carbocycles. The van der Waals surface area contributed by atoms with Crippen LogP contribution in [-0.2, 0) is 0 Å². The smallest absolute Gasteiger partial charge is 0.0914 e. The highest BCUT2D eigenvalue weighted by Gasteiger charge is 2.22. The average Bonchev–Trinajstić information content (AvgIpc) is 2.48. The van der Waals surface area contributed by atoms with E-state index in [1.165, 1.54) is 12.0 Å². The van der Waals surface area contributed by atoms with E-state index >= 15 is 0 Å². The van der Waals surface area contributed by atoms with E-state index in [9.17, 15) is 5.11 Å². The number of hydrogen-bond donors (Lipinski definition) is 2. The van der Waals surface area contributed by atoms with Gasteiger partial charge in [-0.1, -0.05) is 38.1 Å². The van der Waals surface area contributed by atoms with E-state index < -0.39 is 6.10 Å². The number of hydrogen-bond acceptors (Lipinski definition) is 3. The zero-order chi connectivity index (χ0) is 15.4. The van der Waals surface area contributed by atoms with Crippen molar-refractivity contribution in [1.82, 2.24) is 10.2 Å². The molecular weight excluding hydrogens is 260 g/mol. The summed E-state index contributed by atoms with van der Waals surface area (Å²) in [7, 11) is 2.19. The van der Waals surface area contributed by atoms with Gasteiger partial charge in [0.05, 0.1) is 6.10 Å². The molecule has 0 spiro atoms. The Bertz CT molecular complexity index is 429. The molecule has 0 amide bonds. The Morgan fingerprint density at radius 2 is 1.86 bits per heavy atom. The van der Waals surface area contributed by atoms with Gasteiger partial charge in [-0.25, -0.2) is 0 Å². The van der Waals surface area contributed by atoms with Crippen molar-refractivity contribution in [2.45, 2.75) is 57.7 Å². The van der Waals surface area contributed by atoms with E-state index in [1.54, 1.807) is 0 Å². The summed E-state index contributed by atoms with van der Waals surface area (Å²) in [4.78, 5) is 2.40. The van der Waals surface area contributed by atoms with Crippen LogP contribution in [-0.4, -0.2) is 42.2 Å². The third kappa shape index (κ3) is 4.53. The molecule has 1 aromatic carbocycles. The van der Waals surface area contributed by atoms with Gasteiger partial charge in [-0.15, -0.1) is 0 Å². The maximum Gasteiger partial charge on any atom is 0.0914 e. The Labute approximate surface area is 129 Å². The highest BCUT2D eigenvalue weighted by atomic mass is 16.3. The summed E-state index contributed by atoms with van der Waals surface area (Å²) < 4.78 is 0. The quantitative estimate of drug-likeness (QED) is 0.875. The Kier molecular flexibility index (Phi) is 5.80.